The van der Waals surface area contributed by atoms with Gasteiger partial charge in [0.15, 0.2) is 0 Å². The third kappa shape index (κ3) is 1.78. The van der Waals surface area contributed by atoms with Crippen molar-refractivity contribution >= 4 is 0 Å². The molecule has 1 aromatic carbocycles. The summed E-state index contributed by atoms with van der Waals surface area (Å²) in [5.74, 6) is 1.29. The Morgan fingerprint density at radius 2 is 2.18 bits per heavy atom. The summed E-state index contributed by atoms with van der Waals surface area (Å²) in [6, 6.07) is 8.14. The molecule has 2 aromatic heterocycles. The second-order valence-corrected chi connectivity index (χ2v) is 5.34. The van der Waals surface area contributed by atoms with E-state index in [1.165, 1.54) is 11.8 Å². The maximum atomic E-state index is 12.8. The number of rotatable bonds is 2. The Kier molecular flexibility index (Phi) is 2.85. The quantitative estimate of drug-likeness (QED) is 0.775. The molecule has 0 saturated carbocycles. The third-order valence-electron chi connectivity index (χ3n) is 4.17. The molecule has 0 fully saturated rings. The van der Waals surface area contributed by atoms with Crippen molar-refractivity contribution in [1.29, 1.82) is 0 Å². The molecule has 0 radical (unpaired) electrons. The number of aromatic nitrogens is 6. The predicted octanol–water partition coefficient (Wildman–Crippen LogP) is 1.60. The molecule has 1 N–H and O–H groups in total. The van der Waals surface area contributed by atoms with Gasteiger partial charge in [-0.25, -0.2) is 4.98 Å². The van der Waals surface area contributed by atoms with Crippen LogP contribution in [0.15, 0.2) is 35.3 Å². The Hall–Kier alpha value is -2.83. The fraction of sp³-hybridized carbons (Fsp3) is 0.267. The number of fused-ring (bicyclic) bond motifs is 3. The minimum Gasteiger partial charge on any atom is -0.291 e. The van der Waals surface area contributed by atoms with Gasteiger partial charge in [-0.1, -0.05) is 31.2 Å². The van der Waals surface area contributed by atoms with Gasteiger partial charge in [0.1, 0.15) is 11.4 Å². The van der Waals surface area contributed by atoms with E-state index in [9.17, 15) is 4.79 Å². The van der Waals surface area contributed by atoms with Gasteiger partial charge in [0.2, 0.25) is 5.82 Å². The number of nitrogens with zero attached hydrogens (tertiary/aromatic N) is 5. The van der Waals surface area contributed by atoms with Gasteiger partial charge in [-0.3, -0.25) is 9.36 Å². The molecule has 7 heteroatoms. The molecule has 0 saturated heterocycles. The second-order valence-electron chi connectivity index (χ2n) is 5.34. The van der Waals surface area contributed by atoms with Crippen molar-refractivity contribution in [2.75, 3.05) is 0 Å². The fourth-order valence-electron chi connectivity index (χ4n) is 3.03. The first kappa shape index (κ1) is 12.9. The van der Waals surface area contributed by atoms with E-state index in [2.05, 4.69) is 38.6 Å². The molecule has 110 valence electrons. The highest BCUT2D eigenvalue weighted by molar-refractivity contribution is 5.65. The average Bonchev–Trinajstić information content (AvgIpc) is 3.09. The summed E-state index contributed by atoms with van der Waals surface area (Å²) in [4.78, 5) is 17.3. The summed E-state index contributed by atoms with van der Waals surface area (Å²) >= 11 is 0. The summed E-state index contributed by atoms with van der Waals surface area (Å²) in [5, 5.41) is 13.6. The monoisotopic (exact) mass is 294 g/mol. The molecule has 22 heavy (non-hydrogen) atoms. The molecule has 1 aliphatic heterocycles. The zero-order valence-electron chi connectivity index (χ0n) is 12.0. The SMILES string of the molecule is CCC1Cn2c(ncc(-c3nn[nH]n3)c2=O)-c2ccccc21. The minimum atomic E-state index is -0.126. The lowest BCUT2D eigenvalue weighted by molar-refractivity contribution is 0.517. The first-order valence-corrected chi connectivity index (χ1v) is 7.22. The van der Waals surface area contributed by atoms with Gasteiger partial charge >= 0.3 is 0 Å². The van der Waals surface area contributed by atoms with Crippen molar-refractivity contribution in [2.24, 2.45) is 0 Å². The van der Waals surface area contributed by atoms with Crippen molar-refractivity contribution in [3.05, 3.63) is 46.4 Å². The summed E-state index contributed by atoms with van der Waals surface area (Å²) in [7, 11) is 0. The number of aromatic amines is 1. The Labute approximate surface area is 126 Å². The van der Waals surface area contributed by atoms with Crippen molar-refractivity contribution in [2.45, 2.75) is 25.8 Å². The molecule has 0 spiro atoms. The zero-order chi connectivity index (χ0) is 15.1. The highest BCUT2D eigenvalue weighted by Gasteiger charge is 2.26. The van der Waals surface area contributed by atoms with Crippen LogP contribution in [0.1, 0.15) is 24.8 Å². The molecule has 0 amide bonds. The van der Waals surface area contributed by atoms with Crippen LogP contribution < -0.4 is 5.56 Å². The average molecular weight is 294 g/mol. The topological polar surface area (TPSA) is 89.3 Å². The number of benzene rings is 1. The smallest absolute Gasteiger partial charge is 0.265 e. The first-order valence-electron chi connectivity index (χ1n) is 7.22. The van der Waals surface area contributed by atoms with Gasteiger partial charge in [-0.2, -0.15) is 5.21 Å². The Balaban J connectivity index is 1.96. The highest BCUT2D eigenvalue weighted by Crippen LogP contribution is 2.35. The van der Waals surface area contributed by atoms with E-state index in [1.807, 2.05) is 18.2 Å². The van der Waals surface area contributed by atoms with Crippen LogP contribution in [-0.4, -0.2) is 30.2 Å². The Bertz CT molecular complexity index is 883. The molecule has 1 unspecified atom stereocenters. The molecule has 1 aliphatic rings. The molecule has 4 rings (SSSR count). The largest absolute Gasteiger partial charge is 0.291 e. The van der Waals surface area contributed by atoms with Gasteiger partial charge in [0, 0.05) is 24.2 Å². The lowest BCUT2D eigenvalue weighted by Crippen LogP contribution is -2.30. The van der Waals surface area contributed by atoms with Crippen LogP contribution in [0.25, 0.3) is 22.8 Å². The standard InChI is InChI=1S/C15H14N6O/c1-2-9-8-21-14(11-6-4-3-5-10(9)11)16-7-12(15(21)22)13-17-19-20-18-13/h3-7,9H,2,8H2,1H3,(H,17,18,19,20). The Morgan fingerprint density at radius 1 is 1.32 bits per heavy atom. The van der Waals surface area contributed by atoms with Gasteiger partial charge in [0.25, 0.3) is 5.56 Å². The van der Waals surface area contributed by atoms with E-state index in [0.717, 1.165) is 12.0 Å². The van der Waals surface area contributed by atoms with Crippen LogP contribution in [0.2, 0.25) is 0 Å². The third-order valence-corrected chi connectivity index (χ3v) is 4.17. The number of tetrazole rings is 1. The Morgan fingerprint density at radius 3 is 2.95 bits per heavy atom. The molecule has 0 bridgehead atoms. The summed E-state index contributed by atoms with van der Waals surface area (Å²) in [6.07, 6.45) is 2.50. The lowest BCUT2D eigenvalue weighted by atomic mass is 9.88. The highest BCUT2D eigenvalue weighted by atomic mass is 16.1. The maximum Gasteiger partial charge on any atom is 0.265 e. The van der Waals surface area contributed by atoms with Crippen LogP contribution >= 0.6 is 0 Å². The van der Waals surface area contributed by atoms with Crippen molar-refractivity contribution in [3.8, 4) is 22.8 Å². The normalized spacial score (nSPS) is 16.1. The number of hydrogen-bond donors (Lipinski definition) is 1. The van der Waals surface area contributed by atoms with Crippen LogP contribution in [0.5, 0.6) is 0 Å². The van der Waals surface area contributed by atoms with E-state index in [0.29, 0.717) is 23.9 Å². The van der Waals surface area contributed by atoms with Gasteiger partial charge in [-0.05, 0) is 17.2 Å². The van der Waals surface area contributed by atoms with E-state index in [4.69, 9.17) is 0 Å². The summed E-state index contributed by atoms with van der Waals surface area (Å²) in [5.41, 5.74) is 2.52. The minimum absolute atomic E-state index is 0.126. The van der Waals surface area contributed by atoms with Crippen LogP contribution in [0, 0.1) is 0 Å². The maximum absolute atomic E-state index is 12.8. The number of nitrogens with one attached hydrogen (secondary N) is 1. The second kappa shape index (κ2) is 4.87. The van der Waals surface area contributed by atoms with E-state index in [1.54, 1.807) is 4.57 Å². The van der Waals surface area contributed by atoms with E-state index >= 15 is 0 Å². The van der Waals surface area contributed by atoms with Gasteiger partial charge < -0.3 is 0 Å². The molecule has 7 nitrogen and oxygen atoms in total. The lowest BCUT2D eigenvalue weighted by Gasteiger charge is -2.27. The zero-order valence-corrected chi connectivity index (χ0v) is 12.0. The molecule has 1 atom stereocenters. The number of H-pyrrole nitrogens is 1. The summed E-state index contributed by atoms with van der Waals surface area (Å²) < 4.78 is 1.72. The van der Waals surface area contributed by atoms with Gasteiger partial charge in [0.05, 0.1) is 0 Å². The van der Waals surface area contributed by atoms with Crippen LogP contribution in [0.4, 0.5) is 0 Å². The summed E-state index contributed by atoms with van der Waals surface area (Å²) in [6.45, 7) is 2.76. The number of hydrogen-bond acceptors (Lipinski definition) is 5. The van der Waals surface area contributed by atoms with E-state index in [-0.39, 0.29) is 11.4 Å². The van der Waals surface area contributed by atoms with Crippen molar-refractivity contribution < 1.29 is 0 Å². The van der Waals surface area contributed by atoms with E-state index < -0.39 is 0 Å². The molecule has 3 aromatic rings. The first-order chi connectivity index (χ1) is 10.8. The van der Waals surface area contributed by atoms with Crippen molar-refractivity contribution in [3.63, 3.8) is 0 Å². The van der Waals surface area contributed by atoms with Crippen molar-refractivity contribution in [1.82, 2.24) is 30.2 Å². The molecular formula is C15H14N6O. The van der Waals surface area contributed by atoms with Gasteiger partial charge in [-0.15, -0.1) is 10.2 Å². The predicted molar refractivity (Wildman–Crippen MR) is 80.1 cm³/mol. The van der Waals surface area contributed by atoms with Crippen LogP contribution in [0.3, 0.4) is 0 Å². The molecule has 3 heterocycles. The van der Waals surface area contributed by atoms with Crippen LogP contribution in [-0.2, 0) is 6.54 Å². The molecule has 0 aliphatic carbocycles. The fourth-order valence-corrected chi connectivity index (χ4v) is 3.03. The molecular weight excluding hydrogens is 280 g/mol.